The summed E-state index contributed by atoms with van der Waals surface area (Å²) >= 11 is 0. The predicted molar refractivity (Wildman–Crippen MR) is 289 cm³/mol. The Morgan fingerprint density at radius 2 is 0.681 bits per heavy atom. The Hall–Kier alpha value is -9.32. The zero-order chi connectivity index (χ0) is 45.2. The highest BCUT2D eigenvalue weighted by molar-refractivity contribution is 6.15. The Morgan fingerprint density at radius 3 is 1.30 bits per heavy atom. The average molecular weight is 881 g/mol. The van der Waals surface area contributed by atoms with Crippen LogP contribution in [0.5, 0.6) is 0 Å². The molecule has 4 heterocycles. The smallest absolute Gasteiger partial charge is 0.135 e. The van der Waals surface area contributed by atoms with Crippen molar-refractivity contribution in [2.45, 2.75) is 0 Å². The molecule has 0 fully saturated rings. The number of para-hydroxylation sites is 5. The lowest BCUT2D eigenvalue weighted by atomic mass is 10.1. The molecule has 0 aliphatic heterocycles. The van der Waals surface area contributed by atoms with E-state index < -0.39 is 0 Å². The summed E-state index contributed by atoms with van der Waals surface area (Å²) in [6.07, 6.45) is 0. The Bertz CT molecular complexity index is 4670. The SMILES string of the molecule is c1ccc(-n2c3ccccc3c3cccc(-n4c5cccc(c5)c5cccc(c5)n(-c5cccc6c7ccccc7n(-c7cccc8ccccc78)c56)c5ccc6oc7ccc4cc7c6c5)c32)cc1. The molecule has 0 saturated carbocycles. The van der Waals surface area contributed by atoms with E-state index in [-0.39, 0.29) is 0 Å². The molecular weight excluding hydrogens is 841 g/mol. The zero-order valence-corrected chi connectivity index (χ0v) is 37.3. The first kappa shape index (κ1) is 37.9. The van der Waals surface area contributed by atoms with Crippen LogP contribution in [-0.2, 0) is 0 Å². The normalized spacial score (nSPS) is 12.1. The summed E-state index contributed by atoms with van der Waals surface area (Å²) < 4.78 is 16.5. The van der Waals surface area contributed by atoms with Crippen LogP contribution < -0.4 is 0 Å². The van der Waals surface area contributed by atoms with E-state index in [2.05, 4.69) is 261 Å². The van der Waals surface area contributed by atoms with Gasteiger partial charge in [-0.15, -0.1) is 0 Å². The summed E-state index contributed by atoms with van der Waals surface area (Å²) in [7, 11) is 0. The predicted octanol–water partition coefficient (Wildman–Crippen LogP) is 17.1. The molecule has 0 amide bonds. The van der Waals surface area contributed by atoms with Crippen molar-refractivity contribution < 1.29 is 4.42 Å². The van der Waals surface area contributed by atoms with Crippen LogP contribution in [0.3, 0.4) is 0 Å². The Balaban J connectivity index is 1.10. The second kappa shape index (κ2) is 14.6. The Morgan fingerprint density at radius 1 is 0.246 bits per heavy atom. The van der Waals surface area contributed by atoms with Crippen molar-refractivity contribution in [3.05, 3.63) is 243 Å². The molecule has 0 saturated heterocycles. The molecule has 69 heavy (non-hydrogen) atoms. The van der Waals surface area contributed by atoms with Crippen LogP contribution in [0.25, 0.3) is 132 Å². The molecule has 5 heteroatoms. The Kier molecular flexibility index (Phi) is 8.00. The summed E-state index contributed by atoms with van der Waals surface area (Å²) in [4.78, 5) is 0. The number of fused-ring (bicyclic) bond motifs is 14. The average Bonchev–Trinajstić information content (AvgIpc) is 4.07. The van der Waals surface area contributed by atoms with Gasteiger partial charge in [0.25, 0.3) is 0 Å². The second-order valence-corrected chi connectivity index (χ2v) is 18.1. The number of benzene rings is 11. The van der Waals surface area contributed by atoms with Crippen molar-refractivity contribution in [3.8, 4) is 22.7 Å². The molecular formula is C64H40N4O. The van der Waals surface area contributed by atoms with E-state index in [1.54, 1.807) is 0 Å². The second-order valence-electron chi connectivity index (χ2n) is 18.1. The van der Waals surface area contributed by atoms with Crippen LogP contribution in [0.4, 0.5) is 0 Å². The number of furan rings is 1. The van der Waals surface area contributed by atoms with Crippen LogP contribution in [0.2, 0.25) is 0 Å². The fourth-order valence-electron chi connectivity index (χ4n) is 11.4. The molecule has 322 valence electrons. The minimum Gasteiger partial charge on any atom is -0.456 e. The van der Waals surface area contributed by atoms with Crippen molar-refractivity contribution >= 4 is 109 Å². The van der Waals surface area contributed by atoms with Gasteiger partial charge in [-0.2, -0.15) is 0 Å². The highest BCUT2D eigenvalue weighted by Gasteiger charge is 2.21. The van der Waals surface area contributed by atoms with E-state index in [9.17, 15) is 0 Å². The summed E-state index contributed by atoms with van der Waals surface area (Å²) in [5.41, 5.74) is 14.9. The first-order chi connectivity index (χ1) is 34.2. The molecule has 5 nitrogen and oxygen atoms in total. The molecule has 0 N–H and O–H groups in total. The third kappa shape index (κ3) is 5.59. The van der Waals surface area contributed by atoms with Gasteiger partial charge >= 0.3 is 0 Å². The molecule has 0 aliphatic carbocycles. The molecule has 0 unspecified atom stereocenters. The van der Waals surface area contributed by atoms with Crippen LogP contribution >= 0.6 is 0 Å². The summed E-state index contributed by atoms with van der Waals surface area (Å²) in [6, 6.07) is 88.5. The number of rotatable bonds is 4. The molecule has 0 atom stereocenters. The minimum atomic E-state index is 0.842. The molecule has 15 aromatic rings. The quantitative estimate of drug-likeness (QED) is 0.173. The third-order valence-electron chi connectivity index (χ3n) is 14.3. The molecule has 0 aliphatic rings. The number of hydrogen-bond acceptors (Lipinski definition) is 1. The summed E-state index contributed by atoms with van der Waals surface area (Å²) in [6.45, 7) is 0. The number of nitrogens with zero attached hydrogens (tertiary/aromatic N) is 4. The number of hydrogen-bond donors (Lipinski definition) is 0. The first-order valence-corrected chi connectivity index (χ1v) is 23.6. The fraction of sp³-hybridized carbons (Fsp3) is 0. The highest BCUT2D eigenvalue weighted by atomic mass is 16.3. The molecule has 4 aromatic heterocycles. The van der Waals surface area contributed by atoms with E-state index in [0.29, 0.717) is 0 Å². The standard InChI is InChI=1S/C64H40N4O/c1-2-19-44(20-3-1)67-57-28-8-6-24-50(57)52-26-13-31-59(63(52)67)65-45-21-10-17-42(37-45)43-18-11-22-46(38-43)66(48-34-36-62-55(40-48)54-39-47(65)33-35-61(54)69-62)60-32-14-27-53-51-25-7-9-29-58(51)68(64(53)60)56-30-12-16-41-15-4-5-23-49(41)56/h1-40H. The molecule has 8 bridgehead atoms. The maximum absolute atomic E-state index is 6.72. The van der Waals surface area contributed by atoms with Gasteiger partial charge in [-0.05, 0) is 119 Å². The maximum atomic E-state index is 6.72. The van der Waals surface area contributed by atoms with Crippen LogP contribution in [-0.4, -0.2) is 18.3 Å². The van der Waals surface area contributed by atoms with E-state index in [4.69, 9.17) is 4.42 Å². The van der Waals surface area contributed by atoms with Crippen molar-refractivity contribution in [2.75, 3.05) is 0 Å². The van der Waals surface area contributed by atoms with Crippen LogP contribution in [0.15, 0.2) is 247 Å². The summed E-state index contributed by atoms with van der Waals surface area (Å²) in [5.74, 6) is 0. The topological polar surface area (TPSA) is 32.9 Å². The minimum absolute atomic E-state index is 0.842. The van der Waals surface area contributed by atoms with E-state index >= 15 is 0 Å². The third-order valence-corrected chi connectivity index (χ3v) is 14.3. The van der Waals surface area contributed by atoms with Gasteiger partial charge in [-0.1, -0.05) is 140 Å². The fourth-order valence-corrected chi connectivity index (χ4v) is 11.4. The van der Waals surface area contributed by atoms with Gasteiger partial charge in [0, 0.05) is 65.5 Å². The van der Waals surface area contributed by atoms with Gasteiger partial charge in [-0.25, -0.2) is 0 Å². The van der Waals surface area contributed by atoms with Crippen molar-refractivity contribution in [1.82, 2.24) is 18.3 Å². The maximum Gasteiger partial charge on any atom is 0.135 e. The molecule has 0 spiro atoms. The first-order valence-electron chi connectivity index (χ1n) is 23.6. The highest BCUT2D eigenvalue weighted by Crippen LogP contribution is 2.41. The van der Waals surface area contributed by atoms with Crippen LogP contribution in [0, 0.1) is 0 Å². The van der Waals surface area contributed by atoms with E-state index in [1.165, 1.54) is 37.8 Å². The molecule has 0 radical (unpaired) electrons. The number of aromatic nitrogens is 4. The largest absolute Gasteiger partial charge is 0.456 e. The Labute approximate surface area is 395 Å². The van der Waals surface area contributed by atoms with Crippen molar-refractivity contribution in [1.29, 1.82) is 0 Å². The van der Waals surface area contributed by atoms with Gasteiger partial charge in [-0.3, -0.25) is 0 Å². The van der Waals surface area contributed by atoms with Crippen molar-refractivity contribution in [3.63, 3.8) is 0 Å². The van der Waals surface area contributed by atoms with Gasteiger partial charge in [0.15, 0.2) is 0 Å². The van der Waals surface area contributed by atoms with Gasteiger partial charge in [0.1, 0.15) is 11.2 Å². The van der Waals surface area contributed by atoms with Gasteiger partial charge in [0.2, 0.25) is 0 Å². The summed E-state index contributed by atoms with van der Waals surface area (Å²) in [5, 5.41) is 11.6. The lowest BCUT2D eigenvalue weighted by Gasteiger charge is -2.17. The lowest BCUT2D eigenvalue weighted by molar-refractivity contribution is 0.669. The van der Waals surface area contributed by atoms with E-state index in [0.717, 1.165) is 94.1 Å². The van der Waals surface area contributed by atoms with Crippen LogP contribution in [0.1, 0.15) is 0 Å². The molecule has 11 aromatic carbocycles. The van der Waals surface area contributed by atoms with E-state index in [1.807, 2.05) is 0 Å². The zero-order valence-electron chi connectivity index (χ0n) is 37.3. The lowest BCUT2D eigenvalue weighted by Crippen LogP contribution is -2.02. The monoisotopic (exact) mass is 880 g/mol. The van der Waals surface area contributed by atoms with Crippen molar-refractivity contribution in [2.24, 2.45) is 0 Å². The molecule has 15 rings (SSSR count). The van der Waals surface area contributed by atoms with Gasteiger partial charge < -0.3 is 22.7 Å². The van der Waals surface area contributed by atoms with Gasteiger partial charge in [0.05, 0.1) is 39.1 Å².